The molecule has 1 atom stereocenters. The molecule has 3 nitrogen and oxygen atoms in total. The van der Waals surface area contributed by atoms with Crippen LogP contribution in [0.2, 0.25) is 0 Å². The van der Waals surface area contributed by atoms with Gasteiger partial charge in [0.2, 0.25) is 0 Å². The highest BCUT2D eigenvalue weighted by Crippen LogP contribution is 2.47. The molecule has 1 heterocycles. The summed E-state index contributed by atoms with van der Waals surface area (Å²) in [4.78, 5) is 2.08. The molecule has 0 saturated heterocycles. The predicted molar refractivity (Wildman–Crippen MR) is 93.6 cm³/mol. The van der Waals surface area contributed by atoms with Gasteiger partial charge in [0.25, 0.3) is 0 Å². The summed E-state index contributed by atoms with van der Waals surface area (Å²) in [6.07, 6.45) is 0. The van der Waals surface area contributed by atoms with Gasteiger partial charge in [0.05, 0.1) is 0 Å². The highest BCUT2D eigenvalue weighted by atomic mass is 16.5. The molecule has 114 valence electrons. The molecule has 0 amide bonds. The zero-order valence-electron chi connectivity index (χ0n) is 13.6. The van der Waals surface area contributed by atoms with E-state index in [2.05, 4.69) is 17.9 Å². The summed E-state index contributed by atoms with van der Waals surface area (Å²) in [6.45, 7) is 4.57. The van der Waals surface area contributed by atoms with Gasteiger partial charge in [0.1, 0.15) is 17.9 Å². The molecule has 22 heavy (non-hydrogen) atoms. The summed E-state index contributed by atoms with van der Waals surface area (Å²) in [5.41, 5.74) is 6.15. The number of hydrogen-bond acceptors (Lipinski definition) is 2. The Bertz CT molecular complexity index is 731. The fourth-order valence-electron chi connectivity index (χ4n) is 3.03. The molecule has 1 aliphatic rings. The minimum atomic E-state index is -0.406. The zero-order valence-corrected chi connectivity index (χ0v) is 13.6. The molecule has 0 spiro atoms. The second-order valence-corrected chi connectivity index (χ2v) is 6.21. The maximum absolute atomic E-state index is 13.7. The van der Waals surface area contributed by atoms with Crippen LogP contribution in [-0.4, -0.2) is 25.5 Å². The molecule has 0 bridgehead atoms. The summed E-state index contributed by atoms with van der Waals surface area (Å²) in [5, 5.41) is 13.7. The molecule has 0 N–H and O–H groups in total. The number of hydrogen-bond donors (Lipinski definition) is 0. The van der Waals surface area contributed by atoms with Crippen molar-refractivity contribution >= 4 is 16.9 Å². The molecular formula is C19H22N2O. The number of nitrogens with zero attached hydrogens (tertiary/aromatic N) is 2. The van der Waals surface area contributed by atoms with Crippen molar-refractivity contribution in [3.8, 4) is 0 Å². The topological polar surface area (TPSA) is 26.3 Å². The molecule has 2 aromatic rings. The van der Waals surface area contributed by atoms with Gasteiger partial charge in [-0.1, -0.05) is 29.8 Å². The van der Waals surface area contributed by atoms with Gasteiger partial charge in [-0.05, 0) is 19.9 Å². The lowest BCUT2D eigenvalue weighted by Gasteiger charge is -2.38. The summed E-state index contributed by atoms with van der Waals surface area (Å²) in [6, 6.07) is 15.9. The van der Waals surface area contributed by atoms with Crippen LogP contribution in [0.15, 0.2) is 54.2 Å². The molecule has 1 unspecified atom stereocenters. The van der Waals surface area contributed by atoms with Crippen LogP contribution in [0.4, 0.5) is 11.4 Å². The molecular weight excluding hydrogens is 272 g/mol. The van der Waals surface area contributed by atoms with Crippen molar-refractivity contribution in [2.24, 2.45) is 0 Å². The molecule has 3 rings (SSSR count). The van der Waals surface area contributed by atoms with E-state index in [0.717, 1.165) is 28.2 Å². The standard InChI is InChI=1S/C19H22N2O/c1-14-9-11-16(12-10-14)21(22)13-18(15(2)20(3)4)17-7-5-6-8-19(17)21/h5-12H,13H2,1-4H3. The molecule has 0 fully saturated rings. The summed E-state index contributed by atoms with van der Waals surface area (Å²) >= 11 is 0. The normalized spacial score (nSPS) is 22.4. The molecule has 0 saturated carbocycles. The van der Waals surface area contributed by atoms with Crippen LogP contribution in [0.3, 0.4) is 0 Å². The van der Waals surface area contributed by atoms with E-state index in [1.807, 2.05) is 63.5 Å². The van der Waals surface area contributed by atoms with Crippen molar-refractivity contribution < 1.29 is 0 Å². The Morgan fingerprint density at radius 2 is 1.68 bits per heavy atom. The minimum absolute atomic E-state index is 0.406. The van der Waals surface area contributed by atoms with E-state index in [4.69, 9.17) is 0 Å². The third-order valence-corrected chi connectivity index (χ3v) is 4.56. The molecule has 1 aliphatic heterocycles. The van der Waals surface area contributed by atoms with E-state index in [9.17, 15) is 5.21 Å². The van der Waals surface area contributed by atoms with Crippen molar-refractivity contribution in [3.05, 3.63) is 70.6 Å². The van der Waals surface area contributed by atoms with Crippen molar-refractivity contribution in [2.45, 2.75) is 13.8 Å². The Morgan fingerprint density at radius 1 is 1.05 bits per heavy atom. The summed E-state index contributed by atoms with van der Waals surface area (Å²) < 4.78 is -0.406. The number of fused-ring (bicyclic) bond motifs is 1. The zero-order chi connectivity index (χ0) is 15.9. The van der Waals surface area contributed by atoms with Crippen LogP contribution in [0.25, 0.3) is 5.57 Å². The van der Waals surface area contributed by atoms with Crippen molar-refractivity contribution in [3.63, 3.8) is 0 Å². The minimum Gasteiger partial charge on any atom is -0.622 e. The smallest absolute Gasteiger partial charge is 0.146 e. The number of benzene rings is 2. The van der Waals surface area contributed by atoms with E-state index in [-0.39, 0.29) is 0 Å². The van der Waals surface area contributed by atoms with Gasteiger partial charge in [-0.25, -0.2) is 0 Å². The van der Waals surface area contributed by atoms with Crippen molar-refractivity contribution in [2.75, 3.05) is 20.6 Å². The summed E-state index contributed by atoms with van der Waals surface area (Å²) in [5.74, 6) is 0. The van der Waals surface area contributed by atoms with Crippen LogP contribution < -0.4 is 4.65 Å². The molecule has 0 aromatic heterocycles. The highest BCUT2D eigenvalue weighted by molar-refractivity contribution is 5.88. The van der Waals surface area contributed by atoms with Gasteiger partial charge in [0, 0.05) is 49.1 Å². The van der Waals surface area contributed by atoms with Gasteiger partial charge in [-0.15, -0.1) is 0 Å². The Hall–Kier alpha value is -2.10. The fraction of sp³-hybridized carbons (Fsp3) is 0.263. The number of allylic oxidation sites excluding steroid dienone is 1. The molecule has 0 radical (unpaired) electrons. The largest absolute Gasteiger partial charge is 0.622 e. The Balaban J connectivity index is 2.20. The summed E-state index contributed by atoms with van der Waals surface area (Å²) in [7, 11) is 4.04. The average Bonchev–Trinajstić information content (AvgIpc) is 2.82. The lowest BCUT2D eigenvalue weighted by molar-refractivity contribution is 0.510. The monoisotopic (exact) mass is 294 g/mol. The maximum atomic E-state index is 13.7. The second-order valence-electron chi connectivity index (χ2n) is 6.21. The van der Waals surface area contributed by atoms with Gasteiger partial charge in [0.15, 0.2) is 0 Å². The maximum Gasteiger partial charge on any atom is 0.146 e. The second kappa shape index (κ2) is 5.27. The lowest BCUT2D eigenvalue weighted by Crippen LogP contribution is -2.35. The first-order chi connectivity index (χ1) is 10.4. The van der Waals surface area contributed by atoms with Crippen LogP contribution in [0.5, 0.6) is 0 Å². The highest BCUT2D eigenvalue weighted by Gasteiger charge is 2.37. The van der Waals surface area contributed by atoms with E-state index in [1.54, 1.807) is 0 Å². The Morgan fingerprint density at radius 3 is 2.32 bits per heavy atom. The third-order valence-electron chi connectivity index (χ3n) is 4.56. The number of rotatable bonds is 2. The van der Waals surface area contributed by atoms with E-state index in [0.29, 0.717) is 6.54 Å². The Labute approximate surface area is 132 Å². The van der Waals surface area contributed by atoms with Crippen LogP contribution >= 0.6 is 0 Å². The lowest BCUT2D eigenvalue weighted by atomic mass is 10.1. The van der Waals surface area contributed by atoms with Crippen molar-refractivity contribution in [1.29, 1.82) is 0 Å². The SMILES string of the molecule is CC(=C1C[N+]([O-])(c2ccc(C)cc2)c2ccccc21)N(C)C. The molecule has 3 heteroatoms. The first-order valence-electron chi connectivity index (χ1n) is 7.57. The number of aryl methyl sites for hydroxylation is 1. The van der Waals surface area contributed by atoms with Crippen LogP contribution in [0.1, 0.15) is 18.1 Å². The van der Waals surface area contributed by atoms with Crippen LogP contribution in [-0.2, 0) is 0 Å². The number of hydroxylamine groups is 1. The Kier molecular flexibility index (Phi) is 3.55. The van der Waals surface area contributed by atoms with Gasteiger partial charge in [-0.2, -0.15) is 0 Å². The van der Waals surface area contributed by atoms with Crippen LogP contribution in [0, 0.1) is 12.1 Å². The van der Waals surface area contributed by atoms with E-state index in [1.165, 1.54) is 5.56 Å². The number of quaternary nitrogens is 1. The van der Waals surface area contributed by atoms with Crippen molar-refractivity contribution in [1.82, 2.24) is 9.55 Å². The molecule has 2 aromatic carbocycles. The fourth-order valence-corrected chi connectivity index (χ4v) is 3.03. The van der Waals surface area contributed by atoms with E-state index >= 15 is 0 Å². The quantitative estimate of drug-likeness (QED) is 0.604. The molecule has 0 aliphatic carbocycles. The first-order valence-corrected chi connectivity index (χ1v) is 7.57. The van der Waals surface area contributed by atoms with Gasteiger partial charge in [-0.3, -0.25) is 4.65 Å². The van der Waals surface area contributed by atoms with Gasteiger partial charge < -0.3 is 10.1 Å². The predicted octanol–water partition coefficient (Wildman–Crippen LogP) is 4.44. The van der Waals surface area contributed by atoms with E-state index < -0.39 is 4.65 Å². The average molecular weight is 294 g/mol. The number of para-hydroxylation sites is 1. The first kappa shape index (κ1) is 14.8. The third kappa shape index (κ3) is 2.23. The van der Waals surface area contributed by atoms with Gasteiger partial charge >= 0.3 is 0 Å².